The molecular formula is C16H22O2Ti. The molecule has 2 aromatic carbocycles. The molecule has 0 saturated carbocycles. The third-order valence-corrected chi connectivity index (χ3v) is 1.21. The summed E-state index contributed by atoms with van der Waals surface area (Å²) in [7, 11) is 0. The van der Waals surface area contributed by atoms with Gasteiger partial charge in [0.2, 0.25) is 0 Å². The number of hydrogen-bond acceptors (Lipinski definition) is 2. The first kappa shape index (κ1) is 23.2. The van der Waals surface area contributed by atoms with Crippen molar-refractivity contribution in [1.29, 1.82) is 0 Å². The smallest absolute Gasteiger partial charge is 0.397 e. The molecule has 2 N–H and O–H groups in total. The molecule has 0 aliphatic rings. The van der Waals surface area contributed by atoms with Crippen LogP contribution in [0.1, 0.15) is 13.8 Å². The Balaban J connectivity index is -0.000000188. The van der Waals surface area contributed by atoms with E-state index in [1.54, 1.807) is 13.8 Å². The second-order valence-corrected chi connectivity index (χ2v) is 2.79. The van der Waals surface area contributed by atoms with E-state index in [4.69, 9.17) is 10.2 Å². The van der Waals surface area contributed by atoms with E-state index in [1.165, 1.54) is 0 Å². The molecule has 19 heavy (non-hydrogen) atoms. The predicted molar refractivity (Wildman–Crippen MR) is 76.1 cm³/mol. The van der Waals surface area contributed by atoms with Crippen molar-refractivity contribution in [3.05, 3.63) is 72.8 Å². The monoisotopic (exact) mass is 294 g/mol. The van der Waals surface area contributed by atoms with Crippen molar-refractivity contribution in [2.45, 2.75) is 13.8 Å². The summed E-state index contributed by atoms with van der Waals surface area (Å²) in [5.74, 6) is 0. The molecular weight excluding hydrogens is 272 g/mol. The number of benzene rings is 2. The van der Waals surface area contributed by atoms with Crippen molar-refractivity contribution >= 4 is 0 Å². The van der Waals surface area contributed by atoms with Gasteiger partial charge in [-0.05, 0) is 13.8 Å². The van der Waals surface area contributed by atoms with Gasteiger partial charge >= 0.3 is 21.7 Å². The molecule has 0 aliphatic carbocycles. The van der Waals surface area contributed by atoms with Crippen LogP contribution in [0, 0.1) is 12.1 Å². The van der Waals surface area contributed by atoms with Gasteiger partial charge in [-0.1, -0.05) is 0 Å². The maximum absolute atomic E-state index is 7.57. The fourth-order valence-corrected chi connectivity index (χ4v) is 0.684. The molecule has 2 rings (SSSR count). The zero-order chi connectivity index (χ0) is 13.9. The van der Waals surface area contributed by atoms with Crippen molar-refractivity contribution in [1.82, 2.24) is 0 Å². The molecule has 0 heterocycles. The van der Waals surface area contributed by atoms with Gasteiger partial charge in [-0.15, -0.1) is 0 Å². The van der Waals surface area contributed by atoms with Crippen molar-refractivity contribution < 1.29 is 31.9 Å². The number of aliphatic hydroxyl groups excluding tert-OH is 2. The largest absolute Gasteiger partial charge is 2.00 e. The first-order valence-electron chi connectivity index (χ1n) is 5.87. The summed E-state index contributed by atoms with van der Waals surface area (Å²) in [6.07, 6.45) is 0. The molecule has 3 heteroatoms. The van der Waals surface area contributed by atoms with Crippen LogP contribution < -0.4 is 0 Å². The molecule has 0 amide bonds. The van der Waals surface area contributed by atoms with E-state index in [0.717, 1.165) is 0 Å². The molecule has 0 saturated heterocycles. The maximum atomic E-state index is 7.57. The van der Waals surface area contributed by atoms with E-state index in [-0.39, 0.29) is 34.9 Å². The third kappa shape index (κ3) is 31.6. The molecule has 2 nitrogen and oxygen atoms in total. The van der Waals surface area contributed by atoms with E-state index >= 15 is 0 Å². The van der Waals surface area contributed by atoms with E-state index in [9.17, 15) is 0 Å². The number of hydrogen-bond donors (Lipinski definition) is 2. The minimum absolute atomic E-state index is 0. The van der Waals surface area contributed by atoms with E-state index in [0.29, 0.717) is 0 Å². The first-order chi connectivity index (χ1) is 8.83. The number of rotatable bonds is 0. The standard InChI is InChI=1S/2C6H5.2C2H6O.Ti/c2*1-2-4-6-5-3-1;2*1-2-3;/h2*1-5H;2*3H,2H2,1H3;/q2*-1;;;+2. The first-order valence-corrected chi connectivity index (χ1v) is 5.87. The summed E-state index contributed by atoms with van der Waals surface area (Å²) in [5, 5.41) is 15.1. The zero-order valence-corrected chi connectivity index (χ0v) is 13.1. The molecule has 2 aromatic rings. The van der Waals surface area contributed by atoms with Crippen molar-refractivity contribution in [2.75, 3.05) is 13.2 Å². The summed E-state index contributed by atoms with van der Waals surface area (Å²) >= 11 is 0. The van der Waals surface area contributed by atoms with E-state index in [2.05, 4.69) is 12.1 Å². The Labute approximate surface area is 132 Å². The topological polar surface area (TPSA) is 40.5 Å². The second kappa shape index (κ2) is 25.8. The van der Waals surface area contributed by atoms with Gasteiger partial charge in [0.15, 0.2) is 0 Å². The molecule has 0 bridgehead atoms. The summed E-state index contributed by atoms with van der Waals surface area (Å²) in [6.45, 7) is 3.86. The molecule has 102 valence electrons. The van der Waals surface area contributed by atoms with Crippen molar-refractivity contribution in [3.8, 4) is 0 Å². The van der Waals surface area contributed by atoms with Gasteiger partial charge in [-0.3, -0.25) is 0 Å². The Morgan fingerprint density at radius 2 is 0.842 bits per heavy atom. The fraction of sp³-hybridized carbons (Fsp3) is 0.250. The SMILES string of the molecule is CCO.CCO.[Ti+2].[c-]1ccccc1.[c-]1ccccc1. The van der Waals surface area contributed by atoms with Crippen LogP contribution in [0.5, 0.6) is 0 Å². The van der Waals surface area contributed by atoms with Crippen LogP contribution in [0.25, 0.3) is 0 Å². The predicted octanol–water partition coefficient (Wildman–Crippen LogP) is 2.97. The van der Waals surface area contributed by atoms with Crippen LogP contribution in [0.4, 0.5) is 0 Å². The summed E-state index contributed by atoms with van der Waals surface area (Å²) < 4.78 is 0. The quantitative estimate of drug-likeness (QED) is 0.579. The maximum Gasteiger partial charge on any atom is 2.00 e. The number of aliphatic hydroxyl groups is 2. The molecule has 0 spiro atoms. The molecule has 0 radical (unpaired) electrons. The summed E-state index contributed by atoms with van der Waals surface area (Å²) in [6, 6.07) is 25.0. The minimum Gasteiger partial charge on any atom is -0.397 e. The summed E-state index contributed by atoms with van der Waals surface area (Å²) in [4.78, 5) is 0. The van der Waals surface area contributed by atoms with Crippen molar-refractivity contribution in [3.63, 3.8) is 0 Å². The van der Waals surface area contributed by atoms with E-state index < -0.39 is 0 Å². The second-order valence-electron chi connectivity index (χ2n) is 2.79. The average molecular weight is 294 g/mol. The Bertz CT molecular complexity index is 214. The van der Waals surface area contributed by atoms with Gasteiger partial charge in [0.1, 0.15) is 0 Å². The van der Waals surface area contributed by atoms with Crippen LogP contribution in [-0.2, 0) is 21.7 Å². The molecule has 0 atom stereocenters. The van der Waals surface area contributed by atoms with E-state index in [1.807, 2.05) is 60.7 Å². The van der Waals surface area contributed by atoms with Gasteiger partial charge in [0.25, 0.3) is 0 Å². The Morgan fingerprint density at radius 3 is 0.895 bits per heavy atom. The third-order valence-electron chi connectivity index (χ3n) is 1.21. The van der Waals surface area contributed by atoms with Gasteiger partial charge in [0.05, 0.1) is 0 Å². The van der Waals surface area contributed by atoms with Gasteiger partial charge in [0, 0.05) is 13.2 Å². The normalized spacial score (nSPS) is 6.95. The van der Waals surface area contributed by atoms with Crippen LogP contribution in [0.15, 0.2) is 60.7 Å². The average Bonchev–Trinajstić information content (AvgIpc) is 2.45. The fourth-order valence-electron chi connectivity index (χ4n) is 0.684. The van der Waals surface area contributed by atoms with Crippen LogP contribution in [-0.4, -0.2) is 23.4 Å². The molecule has 0 unspecified atom stereocenters. The minimum atomic E-state index is 0. The summed E-state index contributed by atoms with van der Waals surface area (Å²) in [5.41, 5.74) is 0. The Morgan fingerprint density at radius 1 is 0.632 bits per heavy atom. The van der Waals surface area contributed by atoms with Gasteiger partial charge in [-0.25, -0.2) is 0 Å². The Hall–Kier alpha value is -0.926. The van der Waals surface area contributed by atoms with Crippen molar-refractivity contribution in [2.24, 2.45) is 0 Å². The van der Waals surface area contributed by atoms with Gasteiger partial charge < -0.3 is 10.2 Å². The molecule has 0 aliphatic heterocycles. The zero-order valence-electron chi connectivity index (χ0n) is 11.6. The molecule has 0 aromatic heterocycles. The van der Waals surface area contributed by atoms with Crippen LogP contribution in [0.2, 0.25) is 0 Å². The Kier molecular flexibility index (Phi) is 31.5. The van der Waals surface area contributed by atoms with Crippen LogP contribution >= 0.6 is 0 Å². The van der Waals surface area contributed by atoms with Gasteiger partial charge in [-0.2, -0.15) is 72.8 Å². The molecule has 0 fully saturated rings. The van der Waals surface area contributed by atoms with Crippen LogP contribution in [0.3, 0.4) is 0 Å².